The van der Waals surface area contributed by atoms with Gasteiger partial charge in [-0.05, 0) is 18.2 Å². The van der Waals surface area contributed by atoms with Crippen molar-refractivity contribution >= 4 is 35.1 Å². The van der Waals surface area contributed by atoms with Crippen LogP contribution in [0.4, 0.5) is 0 Å². The maximum absolute atomic E-state index is 9.10. The third-order valence-corrected chi connectivity index (χ3v) is 2.59. The predicted octanol–water partition coefficient (Wildman–Crippen LogP) is 2.52. The Morgan fingerprint density at radius 1 is 1.41 bits per heavy atom. The molecule has 5 nitrogen and oxygen atoms in total. The van der Waals surface area contributed by atoms with Crippen LogP contribution >= 0.6 is 23.2 Å². The number of hydrogen-bond donors (Lipinski definition) is 2. The second kappa shape index (κ2) is 5.18. The molecule has 0 fully saturated rings. The van der Waals surface area contributed by atoms with E-state index in [0.29, 0.717) is 21.3 Å². The highest BCUT2D eigenvalue weighted by atomic mass is 35.5. The van der Waals surface area contributed by atoms with Crippen molar-refractivity contribution in [2.45, 2.75) is 0 Å². The van der Waals surface area contributed by atoms with E-state index < -0.39 is 0 Å². The van der Waals surface area contributed by atoms with Crippen molar-refractivity contribution in [3.05, 3.63) is 46.5 Å². The largest absolute Gasteiger partial charge is 0.291 e. The average Bonchev–Trinajstić information content (AvgIpc) is 2.79. The summed E-state index contributed by atoms with van der Waals surface area (Å²) in [7, 11) is 0. The van der Waals surface area contributed by atoms with E-state index in [0.717, 1.165) is 0 Å². The van der Waals surface area contributed by atoms with E-state index in [2.05, 4.69) is 15.6 Å². The lowest BCUT2D eigenvalue weighted by atomic mass is 10.2. The van der Waals surface area contributed by atoms with E-state index in [1.807, 2.05) is 0 Å². The van der Waals surface area contributed by atoms with Crippen molar-refractivity contribution in [2.24, 2.45) is 0 Å². The molecule has 2 rings (SSSR count). The molecule has 0 bridgehead atoms. The van der Waals surface area contributed by atoms with Gasteiger partial charge in [0.1, 0.15) is 12.7 Å². The molecule has 7 heteroatoms. The van der Waals surface area contributed by atoms with Crippen LogP contribution in [0.3, 0.4) is 0 Å². The van der Waals surface area contributed by atoms with Gasteiger partial charge in [0.25, 0.3) is 0 Å². The minimum Gasteiger partial charge on any atom is -0.291 e. The first-order valence-electron chi connectivity index (χ1n) is 4.62. The first kappa shape index (κ1) is 11.9. The Balaban J connectivity index is 2.42. The van der Waals surface area contributed by atoms with Gasteiger partial charge in [0, 0.05) is 10.6 Å². The van der Waals surface area contributed by atoms with Crippen molar-refractivity contribution in [2.75, 3.05) is 0 Å². The molecule has 17 heavy (non-hydrogen) atoms. The Bertz CT molecular complexity index is 539. The zero-order valence-corrected chi connectivity index (χ0v) is 10.0. The zero-order valence-electron chi connectivity index (χ0n) is 8.51. The van der Waals surface area contributed by atoms with E-state index in [-0.39, 0.29) is 0 Å². The minimum absolute atomic E-state index is 0.386. The van der Waals surface area contributed by atoms with Crippen molar-refractivity contribution in [3.63, 3.8) is 0 Å². The number of aromatic nitrogens is 3. The smallest absolute Gasteiger partial charge is 0.138 e. The average molecular weight is 271 g/mol. The van der Waals surface area contributed by atoms with Gasteiger partial charge in [-0.3, -0.25) is 10.7 Å². The Morgan fingerprint density at radius 2 is 2.24 bits per heavy atom. The van der Waals surface area contributed by atoms with Crippen LogP contribution < -0.4 is 5.48 Å². The van der Waals surface area contributed by atoms with Crippen molar-refractivity contribution in [3.8, 4) is 0 Å². The summed E-state index contributed by atoms with van der Waals surface area (Å²) in [6.07, 6.45) is 4.41. The Morgan fingerprint density at radius 3 is 2.82 bits per heavy atom. The fraction of sp³-hybridized carbons (Fsp3) is 0. The Hall–Kier alpha value is -1.56. The SMILES string of the molecule is ON/C(=C\n1cncn1)c1ccc(Cl)cc1Cl. The Labute approximate surface area is 107 Å². The van der Waals surface area contributed by atoms with Crippen LogP contribution in [-0.4, -0.2) is 20.0 Å². The molecule has 0 spiro atoms. The van der Waals surface area contributed by atoms with Gasteiger partial charge in [0.05, 0.1) is 16.9 Å². The highest BCUT2D eigenvalue weighted by Gasteiger charge is 2.07. The maximum atomic E-state index is 9.10. The van der Waals surface area contributed by atoms with Gasteiger partial charge >= 0.3 is 0 Å². The molecule has 0 radical (unpaired) electrons. The molecule has 0 saturated heterocycles. The molecular formula is C10H8Cl2N4O. The number of halogens is 2. The second-order valence-electron chi connectivity index (χ2n) is 3.15. The first-order chi connectivity index (χ1) is 8.20. The number of nitrogens with zero attached hydrogens (tertiary/aromatic N) is 3. The summed E-state index contributed by atoms with van der Waals surface area (Å²) in [6.45, 7) is 0. The van der Waals surface area contributed by atoms with Crippen LogP contribution in [0, 0.1) is 0 Å². The van der Waals surface area contributed by atoms with Crippen LogP contribution in [0.2, 0.25) is 10.0 Å². The highest BCUT2D eigenvalue weighted by molar-refractivity contribution is 6.35. The molecule has 0 unspecified atom stereocenters. The number of rotatable bonds is 3. The molecule has 2 aromatic rings. The fourth-order valence-electron chi connectivity index (χ4n) is 1.28. The molecule has 1 aromatic carbocycles. The van der Waals surface area contributed by atoms with Gasteiger partial charge in [-0.2, -0.15) is 5.10 Å². The first-order valence-corrected chi connectivity index (χ1v) is 5.38. The molecule has 0 atom stereocenters. The number of nitrogens with one attached hydrogen (secondary N) is 1. The number of hydrogen-bond acceptors (Lipinski definition) is 4. The zero-order chi connectivity index (χ0) is 12.3. The van der Waals surface area contributed by atoms with Gasteiger partial charge < -0.3 is 0 Å². The molecule has 88 valence electrons. The summed E-state index contributed by atoms with van der Waals surface area (Å²) < 4.78 is 1.43. The second-order valence-corrected chi connectivity index (χ2v) is 4.00. The normalized spacial score (nSPS) is 11.6. The fourth-order valence-corrected chi connectivity index (χ4v) is 1.79. The van der Waals surface area contributed by atoms with Gasteiger partial charge in [-0.25, -0.2) is 9.67 Å². The molecule has 0 amide bonds. The van der Waals surface area contributed by atoms with Crippen LogP contribution in [-0.2, 0) is 0 Å². The monoisotopic (exact) mass is 270 g/mol. The lowest BCUT2D eigenvalue weighted by molar-refractivity contribution is 0.225. The number of benzene rings is 1. The summed E-state index contributed by atoms with van der Waals surface area (Å²) in [5.74, 6) is 0. The van der Waals surface area contributed by atoms with Crippen molar-refractivity contribution < 1.29 is 5.21 Å². The minimum atomic E-state index is 0.386. The number of hydroxylamine groups is 1. The van der Waals surface area contributed by atoms with Crippen LogP contribution in [0.1, 0.15) is 5.56 Å². The van der Waals surface area contributed by atoms with Crippen LogP contribution in [0.5, 0.6) is 0 Å². The summed E-state index contributed by atoms with van der Waals surface area (Å²) >= 11 is 11.8. The molecule has 1 heterocycles. The Kier molecular flexibility index (Phi) is 3.63. The van der Waals surface area contributed by atoms with E-state index in [4.69, 9.17) is 28.4 Å². The van der Waals surface area contributed by atoms with Crippen molar-refractivity contribution in [1.82, 2.24) is 20.2 Å². The molecule has 2 N–H and O–H groups in total. The molecule has 0 saturated carbocycles. The molecule has 0 aliphatic carbocycles. The van der Waals surface area contributed by atoms with Crippen LogP contribution in [0.25, 0.3) is 11.9 Å². The third kappa shape index (κ3) is 2.76. The molecule has 1 aromatic heterocycles. The van der Waals surface area contributed by atoms with E-state index in [1.165, 1.54) is 17.3 Å². The topological polar surface area (TPSA) is 63.0 Å². The highest BCUT2D eigenvalue weighted by Crippen LogP contribution is 2.25. The van der Waals surface area contributed by atoms with Gasteiger partial charge in [-0.1, -0.05) is 23.2 Å². The van der Waals surface area contributed by atoms with Gasteiger partial charge in [0.2, 0.25) is 0 Å². The molecule has 0 aliphatic rings. The van der Waals surface area contributed by atoms with Gasteiger partial charge in [0.15, 0.2) is 0 Å². The lowest BCUT2D eigenvalue weighted by Gasteiger charge is -2.08. The van der Waals surface area contributed by atoms with E-state index >= 15 is 0 Å². The summed E-state index contributed by atoms with van der Waals surface area (Å²) in [5, 5.41) is 13.9. The molecular weight excluding hydrogens is 263 g/mol. The summed E-state index contributed by atoms with van der Waals surface area (Å²) in [4.78, 5) is 3.78. The van der Waals surface area contributed by atoms with Crippen molar-refractivity contribution in [1.29, 1.82) is 0 Å². The molecule has 0 aliphatic heterocycles. The maximum Gasteiger partial charge on any atom is 0.138 e. The summed E-state index contributed by atoms with van der Waals surface area (Å²) in [5.41, 5.74) is 3.05. The van der Waals surface area contributed by atoms with E-state index in [9.17, 15) is 0 Å². The standard InChI is InChI=1S/C10H8Cl2N4O/c11-7-1-2-8(9(12)3-7)10(15-17)4-16-6-13-5-14-16/h1-6,15,17H/b10-4-. The predicted molar refractivity (Wildman–Crippen MR) is 65.6 cm³/mol. The quantitative estimate of drug-likeness (QED) is 0.842. The summed E-state index contributed by atoms with van der Waals surface area (Å²) in [6, 6.07) is 4.96. The third-order valence-electron chi connectivity index (χ3n) is 2.04. The van der Waals surface area contributed by atoms with E-state index in [1.54, 1.807) is 24.4 Å². The van der Waals surface area contributed by atoms with Crippen LogP contribution in [0.15, 0.2) is 30.9 Å². The van der Waals surface area contributed by atoms with Gasteiger partial charge in [-0.15, -0.1) is 0 Å². The lowest BCUT2D eigenvalue weighted by Crippen LogP contribution is -2.07.